The van der Waals surface area contributed by atoms with Gasteiger partial charge in [0, 0.05) is 13.1 Å². The predicted octanol–water partition coefficient (Wildman–Crippen LogP) is 2.21. The molecule has 2 N–H and O–H groups in total. The summed E-state index contributed by atoms with van der Waals surface area (Å²) >= 11 is 0.741. The summed E-state index contributed by atoms with van der Waals surface area (Å²) in [5, 5.41) is 19.0. The molecule has 1 aromatic carbocycles. The molecule has 3 amide bonds. The highest BCUT2D eigenvalue weighted by molar-refractivity contribution is 8.18. The van der Waals surface area contributed by atoms with Crippen molar-refractivity contribution in [2.75, 3.05) is 20.1 Å². The summed E-state index contributed by atoms with van der Waals surface area (Å²) in [7, 11) is 1.48. The molecule has 2 aromatic rings. The van der Waals surface area contributed by atoms with E-state index >= 15 is 0 Å². The number of amides is 3. The van der Waals surface area contributed by atoms with E-state index in [0.717, 1.165) is 16.7 Å². The van der Waals surface area contributed by atoms with E-state index in [2.05, 4.69) is 0 Å². The maximum Gasteiger partial charge on any atom is 0.294 e. The Hall–Kier alpha value is -3.04. The van der Waals surface area contributed by atoms with Crippen LogP contribution in [-0.2, 0) is 9.59 Å². The number of carbonyl (C=O) groups excluding carboxylic acids is 3. The van der Waals surface area contributed by atoms with Crippen molar-refractivity contribution in [3.63, 3.8) is 0 Å². The van der Waals surface area contributed by atoms with E-state index in [1.54, 1.807) is 24.3 Å². The maximum atomic E-state index is 12.4. The molecule has 3 rings (SSSR count). The Morgan fingerprint density at radius 2 is 2.00 bits per heavy atom. The number of thioether (sulfide) groups is 1. The minimum atomic E-state index is -0.969. The molecule has 1 atom stereocenters. The van der Waals surface area contributed by atoms with Gasteiger partial charge in [0.1, 0.15) is 18.1 Å². The lowest BCUT2D eigenvalue weighted by Gasteiger charge is -2.23. The SMILES string of the molecule is CN(CC(O)c1ccc(O)cc1)C(=O)CN1C(=O)S/C(=C\c2ccco2)C1=O. The number of carbonyl (C=O) groups is 3. The summed E-state index contributed by atoms with van der Waals surface area (Å²) in [5.41, 5.74) is 0.532. The molecule has 146 valence electrons. The number of aliphatic hydroxyl groups excluding tert-OH is 1. The highest BCUT2D eigenvalue weighted by Gasteiger charge is 2.37. The summed E-state index contributed by atoms with van der Waals surface area (Å²) in [5.74, 6) is -0.542. The van der Waals surface area contributed by atoms with Gasteiger partial charge >= 0.3 is 0 Å². The van der Waals surface area contributed by atoms with E-state index in [4.69, 9.17) is 4.42 Å². The second-order valence-corrected chi connectivity index (χ2v) is 7.16. The van der Waals surface area contributed by atoms with Gasteiger partial charge in [-0.3, -0.25) is 19.3 Å². The summed E-state index contributed by atoms with van der Waals surface area (Å²) in [6.07, 6.45) is 1.94. The van der Waals surface area contributed by atoms with Crippen molar-refractivity contribution in [2.45, 2.75) is 6.10 Å². The zero-order valence-electron chi connectivity index (χ0n) is 14.9. The van der Waals surface area contributed by atoms with E-state index in [0.29, 0.717) is 11.3 Å². The van der Waals surface area contributed by atoms with Crippen LogP contribution in [-0.4, -0.2) is 57.2 Å². The molecule has 1 unspecified atom stereocenters. The van der Waals surface area contributed by atoms with Gasteiger partial charge in [-0.25, -0.2) is 0 Å². The summed E-state index contributed by atoms with van der Waals surface area (Å²) in [4.78, 5) is 39.2. The lowest BCUT2D eigenvalue weighted by Crippen LogP contribution is -2.41. The molecule has 1 saturated heterocycles. The average molecular weight is 402 g/mol. The number of benzene rings is 1. The zero-order valence-corrected chi connectivity index (χ0v) is 15.8. The first-order valence-electron chi connectivity index (χ1n) is 8.35. The number of aliphatic hydroxyl groups is 1. The third-order valence-electron chi connectivity index (χ3n) is 4.13. The number of imide groups is 1. The summed E-state index contributed by atoms with van der Waals surface area (Å²) in [6.45, 7) is -0.443. The molecule has 2 heterocycles. The molecule has 8 nitrogen and oxygen atoms in total. The van der Waals surface area contributed by atoms with Crippen molar-refractivity contribution in [3.8, 4) is 5.75 Å². The molecule has 1 aliphatic rings. The van der Waals surface area contributed by atoms with Crippen molar-refractivity contribution in [1.82, 2.24) is 9.80 Å². The zero-order chi connectivity index (χ0) is 20.3. The maximum absolute atomic E-state index is 12.4. The van der Waals surface area contributed by atoms with Crippen LogP contribution in [0.15, 0.2) is 52.0 Å². The number of rotatable bonds is 6. The van der Waals surface area contributed by atoms with Crippen LogP contribution >= 0.6 is 11.8 Å². The second-order valence-electron chi connectivity index (χ2n) is 6.16. The smallest absolute Gasteiger partial charge is 0.294 e. The van der Waals surface area contributed by atoms with Gasteiger partial charge in [-0.05, 0) is 41.6 Å². The second kappa shape index (κ2) is 8.32. The fourth-order valence-corrected chi connectivity index (χ4v) is 3.38. The van der Waals surface area contributed by atoms with E-state index in [1.165, 1.54) is 36.4 Å². The van der Waals surface area contributed by atoms with Crippen molar-refractivity contribution >= 4 is 34.9 Å². The van der Waals surface area contributed by atoms with Crippen molar-refractivity contribution in [2.24, 2.45) is 0 Å². The molecule has 9 heteroatoms. The number of phenolic OH excluding ortho intramolecular Hbond substituents is 1. The average Bonchev–Trinajstić information content (AvgIpc) is 3.26. The predicted molar refractivity (Wildman–Crippen MR) is 102 cm³/mol. The highest BCUT2D eigenvalue weighted by atomic mass is 32.2. The van der Waals surface area contributed by atoms with Crippen LogP contribution in [0.3, 0.4) is 0 Å². The molecule has 0 saturated carbocycles. The molecular weight excluding hydrogens is 384 g/mol. The number of furan rings is 1. The van der Waals surface area contributed by atoms with E-state index in [-0.39, 0.29) is 17.2 Å². The lowest BCUT2D eigenvalue weighted by molar-refractivity contribution is -0.135. The van der Waals surface area contributed by atoms with Gasteiger partial charge in [0.25, 0.3) is 11.1 Å². The Bertz CT molecular complexity index is 907. The van der Waals surface area contributed by atoms with Gasteiger partial charge in [-0.15, -0.1) is 0 Å². The van der Waals surface area contributed by atoms with Crippen molar-refractivity contribution in [3.05, 3.63) is 58.9 Å². The first-order chi connectivity index (χ1) is 13.3. The number of likely N-dealkylation sites (N-methyl/N-ethyl adjacent to an activating group) is 1. The van der Waals surface area contributed by atoms with Crippen LogP contribution in [0.5, 0.6) is 5.75 Å². The third kappa shape index (κ3) is 4.44. The number of hydrogen-bond donors (Lipinski definition) is 2. The van der Waals surface area contributed by atoms with Crippen molar-refractivity contribution < 1.29 is 29.0 Å². The van der Waals surface area contributed by atoms with Gasteiger partial charge in [-0.2, -0.15) is 0 Å². The topological polar surface area (TPSA) is 111 Å². The van der Waals surface area contributed by atoms with Crippen LogP contribution in [0.4, 0.5) is 4.79 Å². The van der Waals surface area contributed by atoms with Crippen LogP contribution in [0.1, 0.15) is 17.4 Å². The van der Waals surface area contributed by atoms with Gasteiger partial charge in [0.2, 0.25) is 5.91 Å². The van der Waals surface area contributed by atoms with Gasteiger partial charge in [-0.1, -0.05) is 12.1 Å². The minimum Gasteiger partial charge on any atom is -0.508 e. The Kier molecular flexibility index (Phi) is 5.86. The van der Waals surface area contributed by atoms with E-state index < -0.39 is 29.7 Å². The Morgan fingerprint density at radius 1 is 1.29 bits per heavy atom. The Balaban J connectivity index is 1.61. The minimum absolute atomic E-state index is 0.0257. The number of nitrogens with zero attached hydrogens (tertiary/aromatic N) is 2. The number of aromatic hydroxyl groups is 1. The molecule has 0 radical (unpaired) electrons. The van der Waals surface area contributed by atoms with Crippen molar-refractivity contribution in [1.29, 1.82) is 0 Å². The number of hydrogen-bond acceptors (Lipinski definition) is 7. The number of phenols is 1. The summed E-state index contributed by atoms with van der Waals surface area (Å²) in [6, 6.07) is 9.28. The fraction of sp³-hybridized carbons (Fsp3) is 0.211. The molecule has 0 spiro atoms. The van der Waals surface area contributed by atoms with Gasteiger partial charge in [0.05, 0.1) is 23.8 Å². The molecule has 1 aliphatic heterocycles. The molecular formula is C19H18N2O6S. The quantitative estimate of drug-likeness (QED) is 0.713. The standard InChI is InChI=1S/C19H18N2O6S/c1-20(10-15(23)12-4-6-13(22)7-5-12)17(24)11-21-18(25)16(28-19(21)26)9-14-3-2-8-27-14/h2-9,15,22-23H,10-11H2,1H3/b16-9-. The molecule has 1 fully saturated rings. The summed E-state index contributed by atoms with van der Waals surface area (Å²) < 4.78 is 5.14. The molecule has 0 bridgehead atoms. The molecule has 1 aromatic heterocycles. The van der Waals surface area contributed by atoms with Gasteiger partial charge < -0.3 is 19.5 Å². The third-order valence-corrected chi connectivity index (χ3v) is 5.04. The van der Waals surface area contributed by atoms with Gasteiger partial charge in [0.15, 0.2) is 0 Å². The monoisotopic (exact) mass is 402 g/mol. The van der Waals surface area contributed by atoms with Crippen LogP contribution in [0, 0.1) is 0 Å². The van der Waals surface area contributed by atoms with E-state index in [9.17, 15) is 24.6 Å². The lowest BCUT2D eigenvalue weighted by atomic mass is 10.1. The first-order valence-corrected chi connectivity index (χ1v) is 9.16. The fourth-order valence-electron chi connectivity index (χ4n) is 2.56. The molecule has 28 heavy (non-hydrogen) atoms. The van der Waals surface area contributed by atoms with Crippen LogP contribution in [0.25, 0.3) is 6.08 Å². The highest BCUT2D eigenvalue weighted by Crippen LogP contribution is 2.32. The van der Waals surface area contributed by atoms with Crippen LogP contribution < -0.4 is 0 Å². The Labute approximate surface area is 165 Å². The normalized spacial score (nSPS) is 16.6. The first kappa shape index (κ1) is 19.7. The molecule has 0 aliphatic carbocycles. The van der Waals surface area contributed by atoms with E-state index in [1.807, 2.05) is 0 Å². The Morgan fingerprint density at radius 3 is 2.64 bits per heavy atom. The largest absolute Gasteiger partial charge is 0.508 e. The van der Waals surface area contributed by atoms with Crippen LogP contribution in [0.2, 0.25) is 0 Å².